The van der Waals surface area contributed by atoms with Gasteiger partial charge in [-0.15, -0.1) is 0 Å². The van der Waals surface area contributed by atoms with E-state index in [9.17, 15) is 5.11 Å². The van der Waals surface area contributed by atoms with Gasteiger partial charge in [0.25, 0.3) is 0 Å². The molecule has 0 amide bonds. The molecule has 0 unspecified atom stereocenters. The second-order valence-corrected chi connectivity index (χ2v) is 7.38. The van der Waals surface area contributed by atoms with Crippen molar-refractivity contribution in [2.45, 2.75) is 9.39 Å². The van der Waals surface area contributed by atoms with E-state index in [0.717, 1.165) is 0 Å². The molecular weight excluding hydrogens is 361 g/mol. The Bertz CT molecular complexity index is 575. The zero-order valence-corrected chi connectivity index (χ0v) is 13.7. The SMILES string of the molecule is OC(c1cccc(Cl)c1)(c1cccc(Cl)c1)C(Cl)(Cl)Cl. The first-order valence-electron chi connectivity index (χ1n) is 5.56. The first-order valence-corrected chi connectivity index (χ1v) is 7.45. The molecule has 106 valence electrons. The molecule has 0 saturated heterocycles. The quantitative estimate of drug-likeness (QED) is 0.682. The van der Waals surface area contributed by atoms with Crippen molar-refractivity contribution in [3.8, 4) is 0 Å². The molecule has 0 saturated carbocycles. The normalized spacial score (nSPS) is 12.5. The van der Waals surface area contributed by atoms with Crippen molar-refractivity contribution in [2.24, 2.45) is 0 Å². The smallest absolute Gasteiger partial charge is 0.227 e. The Morgan fingerprint density at radius 1 is 0.750 bits per heavy atom. The van der Waals surface area contributed by atoms with Crippen molar-refractivity contribution in [3.05, 3.63) is 69.7 Å². The van der Waals surface area contributed by atoms with Crippen molar-refractivity contribution in [3.63, 3.8) is 0 Å². The molecule has 0 bridgehead atoms. The van der Waals surface area contributed by atoms with Crippen molar-refractivity contribution >= 4 is 58.0 Å². The summed E-state index contributed by atoms with van der Waals surface area (Å²) >= 11 is 29.9. The molecule has 1 nitrogen and oxygen atoms in total. The number of hydrogen-bond acceptors (Lipinski definition) is 1. The molecule has 0 aliphatic rings. The summed E-state index contributed by atoms with van der Waals surface area (Å²) in [6.45, 7) is 0. The van der Waals surface area contributed by atoms with Crippen LogP contribution in [0.15, 0.2) is 48.5 Å². The summed E-state index contributed by atoms with van der Waals surface area (Å²) in [6.07, 6.45) is 0. The monoisotopic (exact) mass is 368 g/mol. The summed E-state index contributed by atoms with van der Waals surface area (Å²) in [5, 5.41) is 11.9. The van der Waals surface area contributed by atoms with E-state index in [-0.39, 0.29) is 0 Å². The molecule has 0 heterocycles. The van der Waals surface area contributed by atoms with Crippen molar-refractivity contribution in [1.29, 1.82) is 0 Å². The summed E-state index contributed by atoms with van der Waals surface area (Å²) < 4.78 is -2.00. The third-order valence-corrected chi connectivity index (χ3v) is 4.19. The lowest BCUT2D eigenvalue weighted by atomic mass is 9.87. The minimum Gasteiger partial charge on any atom is -0.376 e. The summed E-state index contributed by atoms with van der Waals surface area (Å²) in [5.74, 6) is 0. The molecular formula is C14H9Cl5O. The standard InChI is InChI=1S/C14H9Cl5O/c15-11-5-1-3-9(7-11)13(20,14(17,18)19)10-4-2-6-12(16)8-10/h1-8,20H. The average molecular weight is 370 g/mol. The minimum absolute atomic E-state index is 0.368. The summed E-state index contributed by atoms with van der Waals surface area (Å²) in [4.78, 5) is 0. The molecule has 2 aromatic rings. The van der Waals surface area contributed by atoms with Crippen LogP contribution in [0.5, 0.6) is 0 Å². The molecule has 6 heteroatoms. The Hall–Kier alpha value is -0.150. The first kappa shape index (κ1) is 16.2. The van der Waals surface area contributed by atoms with E-state index >= 15 is 0 Å². The highest BCUT2D eigenvalue weighted by molar-refractivity contribution is 6.68. The van der Waals surface area contributed by atoms with Gasteiger partial charge in [0.1, 0.15) is 0 Å². The Morgan fingerprint density at radius 3 is 1.45 bits per heavy atom. The van der Waals surface area contributed by atoms with Gasteiger partial charge in [0.05, 0.1) is 0 Å². The van der Waals surface area contributed by atoms with Crippen LogP contribution in [0.25, 0.3) is 0 Å². The molecule has 2 rings (SSSR count). The van der Waals surface area contributed by atoms with E-state index in [2.05, 4.69) is 0 Å². The zero-order chi connectivity index (χ0) is 15.0. The maximum atomic E-state index is 11.0. The highest BCUT2D eigenvalue weighted by atomic mass is 35.6. The predicted molar refractivity (Wildman–Crippen MR) is 86.2 cm³/mol. The number of benzene rings is 2. The van der Waals surface area contributed by atoms with Gasteiger partial charge in [0, 0.05) is 10.0 Å². The molecule has 0 fully saturated rings. The Balaban J connectivity index is 2.69. The lowest BCUT2D eigenvalue weighted by molar-refractivity contribution is 0.0850. The molecule has 0 aromatic heterocycles. The van der Waals surface area contributed by atoms with E-state index in [1.807, 2.05) is 0 Å². The number of hydrogen-bond donors (Lipinski definition) is 1. The highest BCUT2D eigenvalue weighted by Crippen LogP contribution is 2.49. The predicted octanol–water partition coefficient (Wildman–Crippen LogP) is 5.60. The third kappa shape index (κ3) is 3.04. The minimum atomic E-state index is -2.00. The molecule has 2 aromatic carbocycles. The van der Waals surface area contributed by atoms with Gasteiger partial charge >= 0.3 is 0 Å². The van der Waals surface area contributed by atoms with Crippen molar-refractivity contribution in [2.75, 3.05) is 0 Å². The number of rotatable bonds is 2. The van der Waals surface area contributed by atoms with E-state index in [0.29, 0.717) is 21.2 Å². The van der Waals surface area contributed by atoms with Crippen molar-refractivity contribution in [1.82, 2.24) is 0 Å². The van der Waals surface area contributed by atoms with Crippen LogP contribution >= 0.6 is 58.0 Å². The maximum absolute atomic E-state index is 11.0. The van der Waals surface area contributed by atoms with Crippen LogP contribution < -0.4 is 0 Å². The lowest BCUT2D eigenvalue weighted by Gasteiger charge is -2.35. The average Bonchev–Trinajstić information content (AvgIpc) is 2.36. The molecule has 0 spiro atoms. The molecule has 0 aliphatic heterocycles. The second-order valence-electron chi connectivity index (χ2n) is 4.23. The summed E-state index contributed by atoms with van der Waals surface area (Å²) in [6, 6.07) is 13.0. The Labute approximate surface area is 142 Å². The van der Waals surface area contributed by atoms with Crippen molar-refractivity contribution < 1.29 is 5.11 Å². The van der Waals surface area contributed by atoms with Crippen LogP contribution in [0.3, 0.4) is 0 Å². The molecule has 0 atom stereocenters. The van der Waals surface area contributed by atoms with E-state index < -0.39 is 9.39 Å². The lowest BCUT2D eigenvalue weighted by Crippen LogP contribution is -2.41. The van der Waals surface area contributed by atoms with Crippen LogP contribution in [-0.2, 0) is 5.60 Å². The topological polar surface area (TPSA) is 20.2 Å². The van der Waals surface area contributed by atoms with Crippen LogP contribution in [0, 0.1) is 0 Å². The van der Waals surface area contributed by atoms with Gasteiger partial charge in [-0.25, -0.2) is 0 Å². The van der Waals surface area contributed by atoms with Gasteiger partial charge < -0.3 is 5.11 Å². The molecule has 1 N–H and O–H groups in total. The zero-order valence-electron chi connectivity index (χ0n) is 9.96. The van der Waals surface area contributed by atoms with Gasteiger partial charge in [0.2, 0.25) is 3.79 Å². The van der Waals surface area contributed by atoms with Gasteiger partial charge in [-0.05, 0) is 35.4 Å². The fraction of sp³-hybridized carbons (Fsp3) is 0.143. The van der Waals surface area contributed by atoms with E-state index in [1.54, 1.807) is 48.5 Å². The second kappa shape index (κ2) is 5.92. The van der Waals surface area contributed by atoms with Crippen LogP contribution in [0.2, 0.25) is 10.0 Å². The summed E-state index contributed by atoms with van der Waals surface area (Å²) in [5.41, 5.74) is -1.13. The molecule has 20 heavy (non-hydrogen) atoms. The van der Waals surface area contributed by atoms with Gasteiger partial charge in [-0.3, -0.25) is 0 Å². The first-order chi connectivity index (χ1) is 9.25. The van der Waals surface area contributed by atoms with E-state index in [1.165, 1.54) is 0 Å². The maximum Gasteiger partial charge on any atom is 0.227 e. The fourth-order valence-corrected chi connectivity index (χ4v) is 2.96. The van der Waals surface area contributed by atoms with Crippen LogP contribution in [0.1, 0.15) is 11.1 Å². The van der Waals surface area contributed by atoms with Crippen LogP contribution in [0.4, 0.5) is 0 Å². The van der Waals surface area contributed by atoms with E-state index in [4.69, 9.17) is 58.0 Å². The third-order valence-electron chi connectivity index (χ3n) is 2.90. The number of aliphatic hydroxyl groups is 1. The largest absolute Gasteiger partial charge is 0.376 e. The fourth-order valence-electron chi connectivity index (χ4n) is 1.92. The number of alkyl halides is 3. The Morgan fingerprint density at radius 2 is 1.15 bits per heavy atom. The van der Waals surface area contributed by atoms with Gasteiger partial charge in [-0.1, -0.05) is 82.3 Å². The van der Waals surface area contributed by atoms with Gasteiger partial charge in [0.15, 0.2) is 5.60 Å². The molecule has 0 aliphatic carbocycles. The van der Waals surface area contributed by atoms with Gasteiger partial charge in [-0.2, -0.15) is 0 Å². The summed E-state index contributed by atoms with van der Waals surface area (Å²) in [7, 11) is 0. The Kier molecular flexibility index (Phi) is 4.80. The highest BCUT2D eigenvalue weighted by Gasteiger charge is 2.50. The van der Waals surface area contributed by atoms with Crippen LogP contribution in [-0.4, -0.2) is 8.90 Å². The molecule has 0 radical (unpaired) electrons. The number of halogens is 5.